The second-order valence-electron chi connectivity index (χ2n) is 6.58. The molecule has 2 atom stereocenters. The Bertz CT molecular complexity index is 757. The van der Waals surface area contributed by atoms with E-state index in [4.69, 9.17) is 4.74 Å². The van der Waals surface area contributed by atoms with E-state index in [0.29, 0.717) is 13.2 Å². The summed E-state index contributed by atoms with van der Waals surface area (Å²) in [5.41, 5.74) is 1.01. The highest BCUT2D eigenvalue weighted by Gasteiger charge is 2.37. The standard InChI is InChI=1S/C18H22N4O2/c1-20-9-10-22(11-15(20)17-19-7-8-21(17)2)18(23)14-12-24-16-6-4-3-5-13(14)16/h3-8,14-15H,9-12H2,1-2H3/t14-,15+/m1/s1. The molecule has 2 aromatic rings. The van der Waals surface area contributed by atoms with Crippen molar-refractivity contribution in [2.45, 2.75) is 12.0 Å². The fourth-order valence-electron chi connectivity index (χ4n) is 3.64. The van der Waals surface area contributed by atoms with Gasteiger partial charge in [0, 0.05) is 44.6 Å². The smallest absolute Gasteiger partial charge is 0.233 e. The number of benzene rings is 1. The third-order valence-electron chi connectivity index (χ3n) is 5.11. The first-order valence-electron chi connectivity index (χ1n) is 8.33. The number of imidazole rings is 1. The van der Waals surface area contributed by atoms with E-state index >= 15 is 0 Å². The molecule has 0 N–H and O–H groups in total. The van der Waals surface area contributed by atoms with Crippen LogP contribution in [0.5, 0.6) is 5.75 Å². The molecule has 1 aromatic carbocycles. The minimum absolute atomic E-state index is 0.125. The fraction of sp³-hybridized carbons (Fsp3) is 0.444. The number of hydrogen-bond donors (Lipinski definition) is 0. The number of aryl methyl sites for hydroxylation is 1. The van der Waals surface area contributed by atoms with Crippen molar-refractivity contribution in [3.05, 3.63) is 48.0 Å². The van der Waals surface area contributed by atoms with Gasteiger partial charge in [-0.2, -0.15) is 0 Å². The largest absolute Gasteiger partial charge is 0.492 e. The highest BCUT2D eigenvalue weighted by Crippen LogP contribution is 2.35. The number of carbonyl (C=O) groups excluding carboxylic acids is 1. The van der Waals surface area contributed by atoms with Crippen LogP contribution in [-0.2, 0) is 11.8 Å². The van der Waals surface area contributed by atoms with Crippen molar-refractivity contribution in [1.29, 1.82) is 0 Å². The lowest BCUT2D eigenvalue weighted by atomic mass is 9.99. The first-order chi connectivity index (χ1) is 11.6. The van der Waals surface area contributed by atoms with Crippen molar-refractivity contribution in [3.8, 4) is 5.75 Å². The second kappa shape index (κ2) is 5.94. The van der Waals surface area contributed by atoms with Crippen LogP contribution in [-0.4, -0.2) is 58.5 Å². The number of ether oxygens (including phenoxy) is 1. The summed E-state index contributed by atoms with van der Waals surface area (Å²) in [6, 6.07) is 7.97. The summed E-state index contributed by atoms with van der Waals surface area (Å²) < 4.78 is 7.72. The summed E-state index contributed by atoms with van der Waals surface area (Å²) in [6.07, 6.45) is 3.76. The number of para-hydroxylation sites is 1. The molecule has 0 saturated carbocycles. The van der Waals surface area contributed by atoms with Gasteiger partial charge in [0.2, 0.25) is 5.91 Å². The molecule has 1 amide bonds. The predicted octanol–water partition coefficient (Wildman–Crippen LogP) is 1.41. The third-order valence-corrected chi connectivity index (χ3v) is 5.11. The summed E-state index contributed by atoms with van der Waals surface area (Å²) in [7, 11) is 4.09. The van der Waals surface area contributed by atoms with Gasteiger partial charge in [0.25, 0.3) is 0 Å². The number of aromatic nitrogens is 2. The lowest BCUT2D eigenvalue weighted by Gasteiger charge is -2.39. The molecule has 2 aliphatic rings. The van der Waals surface area contributed by atoms with Gasteiger partial charge in [0.1, 0.15) is 24.1 Å². The number of likely N-dealkylation sites (N-methyl/N-ethyl adjacent to an activating group) is 1. The van der Waals surface area contributed by atoms with E-state index in [-0.39, 0.29) is 17.9 Å². The van der Waals surface area contributed by atoms with Crippen molar-refractivity contribution >= 4 is 5.91 Å². The van der Waals surface area contributed by atoms with Crippen LogP contribution < -0.4 is 4.74 Å². The van der Waals surface area contributed by atoms with Crippen LogP contribution >= 0.6 is 0 Å². The molecule has 3 heterocycles. The van der Waals surface area contributed by atoms with Gasteiger partial charge in [0.05, 0.1) is 6.04 Å². The van der Waals surface area contributed by atoms with Crippen LogP contribution in [0, 0.1) is 0 Å². The summed E-state index contributed by atoms with van der Waals surface area (Å²) in [6.45, 7) is 2.70. The van der Waals surface area contributed by atoms with Gasteiger partial charge in [-0.05, 0) is 13.1 Å². The molecule has 24 heavy (non-hydrogen) atoms. The number of fused-ring (bicyclic) bond motifs is 1. The molecule has 4 rings (SSSR count). The van der Waals surface area contributed by atoms with E-state index in [0.717, 1.165) is 30.2 Å². The van der Waals surface area contributed by atoms with Gasteiger partial charge in [-0.15, -0.1) is 0 Å². The SMILES string of the molecule is CN1CCN(C(=O)[C@@H]2COc3ccccc32)C[C@H]1c1nccn1C. The van der Waals surface area contributed by atoms with Crippen molar-refractivity contribution < 1.29 is 9.53 Å². The van der Waals surface area contributed by atoms with Crippen LogP contribution in [0.25, 0.3) is 0 Å². The van der Waals surface area contributed by atoms with E-state index in [2.05, 4.69) is 16.9 Å². The van der Waals surface area contributed by atoms with E-state index in [1.54, 1.807) is 0 Å². The van der Waals surface area contributed by atoms with E-state index in [1.165, 1.54) is 0 Å². The molecule has 6 nitrogen and oxygen atoms in total. The number of nitrogens with zero attached hydrogens (tertiary/aromatic N) is 4. The minimum Gasteiger partial charge on any atom is -0.492 e. The van der Waals surface area contributed by atoms with Crippen molar-refractivity contribution in [2.75, 3.05) is 33.3 Å². The maximum absolute atomic E-state index is 13.1. The minimum atomic E-state index is -0.188. The Labute approximate surface area is 141 Å². The normalized spacial score (nSPS) is 23.8. The van der Waals surface area contributed by atoms with Gasteiger partial charge in [-0.25, -0.2) is 4.98 Å². The van der Waals surface area contributed by atoms with Gasteiger partial charge in [-0.3, -0.25) is 9.69 Å². The van der Waals surface area contributed by atoms with Crippen molar-refractivity contribution in [2.24, 2.45) is 7.05 Å². The Morgan fingerprint density at radius 1 is 1.25 bits per heavy atom. The summed E-state index contributed by atoms with van der Waals surface area (Å²) in [5.74, 6) is 1.81. The topological polar surface area (TPSA) is 50.6 Å². The van der Waals surface area contributed by atoms with Crippen molar-refractivity contribution in [1.82, 2.24) is 19.4 Å². The first-order valence-corrected chi connectivity index (χ1v) is 8.33. The Hall–Kier alpha value is -2.34. The van der Waals surface area contributed by atoms with Crippen LogP contribution in [0.2, 0.25) is 0 Å². The zero-order valence-electron chi connectivity index (χ0n) is 14.1. The first kappa shape index (κ1) is 15.2. The van der Waals surface area contributed by atoms with Crippen LogP contribution in [0.3, 0.4) is 0 Å². The molecule has 0 radical (unpaired) electrons. The highest BCUT2D eigenvalue weighted by atomic mass is 16.5. The Balaban J connectivity index is 1.55. The fourth-order valence-corrected chi connectivity index (χ4v) is 3.64. The summed E-state index contributed by atoms with van der Waals surface area (Å²) in [4.78, 5) is 21.8. The van der Waals surface area contributed by atoms with E-state index in [1.807, 2.05) is 53.2 Å². The predicted molar refractivity (Wildman–Crippen MR) is 89.8 cm³/mol. The van der Waals surface area contributed by atoms with Crippen molar-refractivity contribution in [3.63, 3.8) is 0 Å². The third kappa shape index (κ3) is 2.47. The molecular weight excluding hydrogens is 304 g/mol. The quantitative estimate of drug-likeness (QED) is 0.837. The Morgan fingerprint density at radius 3 is 2.88 bits per heavy atom. The number of rotatable bonds is 2. The van der Waals surface area contributed by atoms with Gasteiger partial charge in [-0.1, -0.05) is 18.2 Å². The molecule has 2 aliphatic heterocycles. The Kier molecular flexibility index (Phi) is 3.76. The molecule has 0 aliphatic carbocycles. The molecule has 0 unspecified atom stereocenters. The van der Waals surface area contributed by atoms with Crippen LogP contribution in [0.4, 0.5) is 0 Å². The van der Waals surface area contributed by atoms with Gasteiger partial charge >= 0.3 is 0 Å². The van der Waals surface area contributed by atoms with Gasteiger partial charge < -0.3 is 14.2 Å². The average molecular weight is 326 g/mol. The molecule has 0 spiro atoms. The highest BCUT2D eigenvalue weighted by molar-refractivity contribution is 5.85. The molecule has 1 aromatic heterocycles. The number of hydrogen-bond acceptors (Lipinski definition) is 4. The molecule has 0 bridgehead atoms. The van der Waals surface area contributed by atoms with Crippen LogP contribution in [0.1, 0.15) is 23.3 Å². The average Bonchev–Trinajstić information content (AvgIpc) is 3.21. The monoisotopic (exact) mass is 326 g/mol. The van der Waals surface area contributed by atoms with E-state index < -0.39 is 0 Å². The number of piperazine rings is 1. The molecule has 126 valence electrons. The number of amides is 1. The lowest BCUT2D eigenvalue weighted by Crippen LogP contribution is -2.51. The molecular formula is C18H22N4O2. The molecule has 1 saturated heterocycles. The maximum Gasteiger partial charge on any atom is 0.233 e. The maximum atomic E-state index is 13.1. The second-order valence-corrected chi connectivity index (χ2v) is 6.58. The Morgan fingerprint density at radius 2 is 2.08 bits per heavy atom. The lowest BCUT2D eigenvalue weighted by molar-refractivity contribution is -0.136. The van der Waals surface area contributed by atoms with Gasteiger partial charge in [0.15, 0.2) is 0 Å². The molecule has 1 fully saturated rings. The summed E-state index contributed by atoms with van der Waals surface area (Å²) in [5, 5.41) is 0. The molecule has 6 heteroatoms. The van der Waals surface area contributed by atoms with E-state index in [9.17, 15) is 4.79 Å². The van der Waals surface area contributed by atoms with Crippen LogP contribution in [0.15, 0.2) is 36.7 Å². The number of carbonyl (C=O) groups is 1. The summed E-state index contributed by atoms with van der Waals surface area (Å²) >= 11 is 0. The zero-order chi connectivity index (χ0) is 16.7. The zero-order valence-corrected chi connectivity index (χ0v) is 14.1.